The second-order valence-electron chi connectivity index (χ2n) is 18.2. The summed E-state index contributed by atoms with van der Waals surface area (Å²) in [6, 6.07) is -0.840. The van der Waals surface area contributed by atoms with Crippen molar-refractivity contribution in [2.75, 3.05) is 40.9 Å². The molecule has 0 aliphatic carbocycles. The number of quaternary nitrogens is 1. The van der Waals surface area contributed by atoms with Gasteiger partial charge >= 0.3 is 7.82 Å². The zero-order valence-electron chi connectivity index (χ0n) is 38.6. The SMILES string of the molecule is CCCCCCCCCCCCCCCCCCCCCC/C=C/C(O)C(COP(=O)(O)OCC[N+](C)(C)C)NC(=O)CCCCCCCCCCCCCCC. The molecule has 3 N–H and O–H groups in total. The van der Waals surface area contributed by atoms with Crippen LogP contribution < -0.4 is 5.32 Å². The number of allylic oxidation sites excluding steroid dienone is 1. The maximum atomic E-state index is 12.9. The molecule has 57 heavy (non-hydrogen) atoms. The van der Waals surface area contributed by atoms with Crippen molar-refractivity contribution in [3.63, 3.8) is 0 Å². The topological polar surface area (TPSA) is 105 Å². The molecule has 0 aromatic carbocycles. The van der Waals surface area contributed by atoms with Crippen molar-refractivity contribution in [1.82, 2.24) is 5.32 Å². The molecule has 0 aliphatic rings. The molecule has 0 aliphatic heterocycles. The first-order chi connectivity index (χ1) is 27.5. The summed E-state index contributed by atoms with van der Waals surface area (Å²) in [5, 5.41) is 13.9. The van der Waals surface area contributed by atoms with E-state index in [0.717, 1.165) is 32.1 Å². The van der Waals surface area contributed by atoms with Crippen LogP contribution in [0.3, 0.4) is 0 Å². The Labute approximate surface area is 354 Å². The van der Waals surface area contributed by atoms with Crippen molar-refractivity contribution < 1.29 is 32.9 Å². The molecule has 1 amide bonds. The van der Waals surface area contributed by atoms with Gasteiger partial charge in [-0.05, 0) is 19.3 Å². The molecule has 0 radical (unpaired) electrons. The van der Waals surface area contributed by atoms with Gasteiger partial charge in [0.2, 0.25) is 5.91 Å². The van der Waals surface area contributed by atoms with Crippen molar-refractivity contribution in [3.8, 4) is 0 Å². The average molecular weight is 830 g/mol. The number of hydrogen-bond donors (Lipinski definition) is 3. The third-order valence-electron chi connectivity index (χ3n) is 11.3. The minimum atomic E-state index is -4.33. The molecule has 3 unspecified atom stereocenters. The predicted molar refractivity (Wildman–Crippen MR) is 245 cm³/mol. The molecule has 0 saturated heterocycles. The first kappa shape index (κ1) is 56.2. The number of aliphatic hydroxyl groups excluding tert-OH is 1. The van der Waals surface area contributed by atoms with Crippen LogP contribution >= 0.6 is 7.82 Å². The molecule has 0 aromatic rings. The molecule has 9 heteroatoms. The fourth-order valence-electron chi connectivity index (χ4n) is 7.34. The van der Waals surface area contributed by atoms with E-state index in [1.54, 1.807) is 6.08 Å². The fraction of sp³-hybridized carbons (Fsp3) is 0.938. The van der Waals surface area contributed by atoms with E-state index in [9.17, 15) is 19.4 Å². The number of unbranched alkanes of at least 4 members (excludes halogenated alkanes) is 32. The van der Waals surface area contributed by atoms with Gasteiger partial charge in [0.15, 0.2) is 0 Å². The van der Waals surface area contributed by atoms with Crippen LogP contribution in [0, 0.1) is 0 Å². The number of carbonyl (C=O) groups excluding carboxylic acids is 1. The Morgan fingerprint density at radius 1 is 0.579 bits per heavy atom. The van der Waals surface area contributed by atoms with Crippen LogP contribution in [0.1, 0.15) is 239 Å². The smallest absolute Gasteiger partial charge is 0.387 e. The van der Waals surface area contributed by atoms with Gasteiger partial charge in [0, 0.05) is 6.42 Å². The quantitative estimate of drug-likeness (QED) is 0.0244. The van der Waals surface area contributed by atoms with Crippen LogP contribution in [0.15, 0.2) is 12.2 Å². The number of amides is 1. The van der Waals surface area contributed by atoms with Gasteiger partial charge < -0.3 is 19.8 Å². The van der Waals surface area contributed by atoms with E-state index in [2.05, 4.69) is 19.2 Å². The highest BCUT2D eigenvalue weighted by molar-refractivity contribution is 7.47. The molecule has 3 atom stereocenters. The van der Waals surface area contributed by atoms with Crippen molar-refractivity contribution in [1.29, 1.82) is 0 Å². The fourth-order valence-corrected chi connectivity index (χ4v) is 8.07. The summed E-state index contributed by atoms with van der Waals surface area (Å²) in [5.74, 6) is -0.174. The molecule has 0 bridgehead atoms. The maximum absolute atomic E-state index is 12.9. The van der Waals surface area contributed by atoms with Gasteiger partial charge in [0.05, 0.1) is 39.9 Å². The molecular formula is C48H98N2O6P+. The lowest BCUT2D eigenvalue weighted by atomic mass is 10.0. The van der Waals surface area contributed by atoms with Crippen molar-refractivity contribution in [2.45, 2.75) is 251 Å². The number of phosphoric acid groups is 1. The van der Waals surface area contributed by atoms with Crippen LogP contribution in [-0.2, 0) is 18.4 Å². The highest BCUT2D eigenvalue weighted by Gasteiger charge is 2.27. The summed E-state index contributed by atoms with van der Waals surface area (Å²) in [7, 11) is 1.58. The van der Waals surface area contributed by atoms with Crippen molar-refractivity contribution >= 4 is 13.7 Å². The highest BCUT2D eigenvalue weighted by atomic mass is 31.2. The van der Waals surface area contributed by atoms with E-state index in [1.165, 1.54) is 186 Å². The number of phosphoric ester groups is 1. The maximum Gasteiger partial charge on any atom is 0.472 e. The van der Waals surface area contributed by atoms with Gasteiger partial charge in [-0.2, -0.15) is 0 Å². The molecule has 0 spiro atoms. The lowest BCUT2D eigenvalue weighted by Crippen LogP contribution is -2.45. The van der Waals surface area contributed by atoms with Gasteiger partial charge in [0.25, 0.3) is 0 Å². The molecule has 0 rings (SSSR count). The van der Waals surface area contributed by atoms with Crippen LogP contribution in [-0.4, -0.2) is 73.4 Å². The van der Waals surface area contributed by atoms with Crippen molar-refractivity contribution in [3.05, 3.63) is 12.2 Å². The normalized spacial score (nSPS) is 14.3. The number of nitrogens with zero attached hydrogens (tertiary/aromatic N) is 1. The highest BCUT2D eigenvalue weighted by Crippen LogP contribution is 2.43. The molecule has 340 valence electrons. The van der Waals surface area contributed by atoms with Gasteiger partial charge in [-0.25, -0.2) is 4.57 Å². The third kappa shape index (κ3) is 43.1. The Balaban J connectivity index is 4.28. The zero-order valence-corrected chi connectivity index (χ0v) is 39.5. The number of carbonyl (C=O) groups is 1. The summed E-state index contributed by atoms with van der Waals surface area (Å²) >= 11 is 0. The summed E-state index contributed by atoms with van der Waals surface area (Å²) < 4.78 is 23.6. The first-order valence-electron chi connectivity index (χ1n) is 24.6. The lowest BCUT2D eigenvalue weighted by Gasteiger charge is -2.25. The lowest BCUT2D eigenvalue weighted by molar-refractivity contribution is -0.870. The molecule has 0 heterocycles. The summed E-state index contributed by atoms with van der Waals surface area (Å²) in [5.41, 5.74) is 0. The zero-order chi connectivity index (χ0) is 42.1. The molecule has 0 aromatic heterocycles. The van der Waals surface area contributed by atoms with Crippen LogP contribution in [0.25, 0.3) is 0 Å². The summed E-state index contributed by atoms with van der Waals surface area (Å²) in [4.78, 5) is 23.1. The van der Waals surface area contributed by atoms with Crippen LogP contribution in [0.2, 0.25) is 0 Å². The Morgan fingerprint density at radius 3 is 1.30 bits per heavy atom. The minimum absolute atomic E-state index is 0.0648. The number of aliphatic hydroxyl groups is 1. The Bertz CT molecular complexity index is 942. The monoisotopic (exact) mass is 830 g/mol. The predicted octanol–water partition coefficient (Wildman–Crippen LogP) is 13.9. The molecular weight excluding hydrogens is 732 g/mol. The van der Waals surface area contributed by atoms with Gasteiger partial charge in [-0.15, -0.1) is 0 Å². The van der Waals surface area contributed by atoms with E-state index in [0.29, 0.717) is 17.4 Å². The Kier molecular flexibility index (Phi) is 40.1. The average Bonchev–Trinajstić information content (AvgIpc) is 3.16. The standard InChI is InChI=1S/C48H97N2O6P/c1-6-8-10-12-14-16-18-20-21-22-23-24-25-26-27-28-30-31-33-35-37-39-41-47(51)46(45-56-57(53,54)55-44-43-50(3,4)5)49-48(52)42-40-38-36-34-32-29-19-17-15-13-11-9-7-2/h39,41,46-47,51H,6-38,40,42-45H2,1-5H3,(H-,49,52,53,54)/p+1/b41-39+. The van der Waals surface area contributed by atoms with Crippen LogP contribution in [0.4, 0.5) is 0 Å². The van der Waals surface area contributed by atoms with Gasteiger partial charge in [0.1, 0.15) is 13.2 Å². The van der Waals surface area contributed by atoms with E-state index in [4.69, 9.17) is 9.05 Å². The third-order valence-corrected chi connectivity index (χ3v) is 12.2. The number of nitrogens with one attached hydrogen (secondary N) is 1. The number of likely N-dealkylation sites (N-methyl/N-ethyl adjacent to an activating group) is 1. The summed E-state index contributed by atoms with van der Waals surface area (Å²) in [6.45, 7) is 4.84. The largest absolute Gasteiger partial charge is 0.472 e. The Morgan fingerprint density at radius 2 is 0.930 bits per heavy atom. The molecule has 8 nitrogen and oxygen atoms in total. The Hall–Kier alpha value is -0.760. The minimum Gasteiger partial charge on any atom is -0.387 e. The van der Waals surface area contributed by atoms with E-state index in [-0.39, 0.29) is 19.1 Å². The number of rotatable bonds is 45. The second-order valence-corrected chi connectivity index (χ2v) is 19.7. The van der Waals surface area contributed by atoms with Gasteiger partial charge in [-0.3, -0.25) is 13.8 Å². The van der Waals surface area contributed by atoms with E-state index >= 15 is 0 Å². The van der Waals surface area contributed by atoms with E-state index in [1.807, 2.05) is 27.2 Å². The van der Waals surface area contributed by atoms with Gasteiger partial charge in [-0.1, -0.05) is 225 Å². The number of hydrogen-bond acceptors (Lipinski definition) is 5. The first-order valence-corrected chi connectivity index (χ1v) is 26.1. The second kappa shape index (κ2) is 40.6. The molecule has 0 saturated carbocycles. The molecule has 0 fully saturated rings. The summed E-state index contributed by atoms with van der Waals surface area (Å²) in [6.07, 6.45) is 47.1. The van der Waals surface area contributed by atoms with Crippen LogP contribution in [0.5, 0.6) is 0 Å². The van der Waals surface area contributed by atoms with Crippen molar-refractivity contribution in [2.24, 2.45) is 0 Å². The van der Waals surface area contributed by atoms with E-state index < -0.39 is 20.0 Å².